The molecule has 2 heterocycles. The number of carbonyl (C=O) groups excluding carboxylic acids is 1. The molecule has 2 aromatic heterocycles. The maximum absolute atomic E-state index is 11.1. The summed E-state index contributed by atoms with van der Waals surface area (Å²) in [6.45, 7) is 5.56. The van der Waals surface area contributed by atoms with Gasteiger partial charge in [-0.2, -0.15) is 0 Å². The normalized spacial score (nSPS) is 10.8. The van der Waals surface area contributed by atoms with E-state index in [-0.39, 0.29) is 5.78 Å². The number of hydrogen-bond donors (Lipinski definition) is 0. The van der Waals surface area contributed by atoms with Crippen LogP contribution in [-0.4, -0.2) is 15.2 Å². The van der Waals surface area contributed by atoms with Crippen LogP contribution in [0, 0.1) is 13.8 Å². The topological polar surface area (TPSA) is 34.4 Å². The van der Waals surface area contributed by atoms with Gasteiger partial charge in [-0.05, 0) is 31.5 Å². The maximum Gasteiger partial charge on any atom is 0.179 e. The first-order valence-electron chi connectivity index (χ1n) is 4.55. The van der Waals surface area contributed by atoms with Crippen molar-refractivity contribution in [2.75, 3.05) is 0 Å². The molecule has 0 atom stereocenters. The second-order valence-corrected chi connectivity index (χ2v) is 3.58. The minimum absolute atomic E-state index is 0.00533. The summed E-state index contributed by atoms with van der Waals surface area (Å²) in [5.74, 6) is 0.00533. The quantitative estimate of drug-likeness (QED) is 0.642. The molecule has 0 aliphatic carbocycles. The Kier molecular flexibility index (Phi) is 1.88. The van der Waals surface area contributed by atoms with Crippen molar-refractivity contribution in [3.8, 4) is 0 Å². The number of ketones is 1. The van der Waals surface area contributed by atoms with Gasteiger partial charge in [0, 0.05) is 18.8 Å². The van der Waals surface area contributed by atoms with Gasteiger partial charge in [-0.15, -0.1) is 0 Å². The van der Waals surface area contributed by atoms with Gasteiger partial charge in [0.15, 0.2) is 5.78 Å². The number of fused-ring (bicyclic) bond motifs is 1. The second kappa shape index (κ2) is 2.94. The fourth-order valence-electron chi connectivity index (χ4n) is 1.59. The lowest BCUT2D eigenvalue weighted by molar-refractivity contribution is 0.101. The summed E-state index contributed by atoms with van der Waals surface area (Å²) in [6.07, 6.45) is 1.78. The molecule has 0 aliphatic heterocycles. The monoisotopic (exact) mass is 188 g/mol. The highest BCUT2D eigenvalue weighted by atomic mass is 16.1. The van der Waals surface area contributed by atoms with Crippen molar-refractivity contribution in [1.82, 2.24) is 9.38 Å². The van der Waals surface area contributed by atoms with Crippen LogP contribution in [0.25, 0.3) is 5.65 Å². The van der Waals surface area contributed by atoms with Crippen molar-refractivity contribution < 1.29 is 4.79 Å². The van der Waals surface area contributed by atoms with E-state index < -0.39 is 0 Å². The average Bonchev–Trinajstić information content (AvgIpc) is 2.47. The first-order valence-corrected chi connectivity index (χ1v) is 4.55. The second-order valence-electron chi connectivity index (χ2n) is 3.58. The van der Waals surface area contributed by atoms with Gasteiger partial charge in [0.1, 0.15) is 11.3 Å². The van der Waals surface area contributed by atoms with Crippen molar-refractivity contribution in [1.29, 1.82) is 0 Å². The molecular formula is C11H12N2O. The molecular weight excluding hydrogens is 176 g/mol. The molecule has 0 saturated heterocycles. The molecule has 0 aromatic carbocycles. The Bertz CT molecular complexity index is 511. The zero-order valence-electron chi connectivity index (χ0n) is 8.53. The largest absolute Gasteiger partial charge is 0.304 e. The van der Waals surface area contributed by atoms with Crippen molar-refractivity contribution in [2.24, 2.45) is 0 Å². The number of hydrogen-bond acceptors (Lipinski definition) is 2. The van der Waals surface area contributed by atoms with Crippen molar-refractivity contribution >= 4 is 11.4 Å². The molecule has 0 unspecified atom stereocenters. The van der Waals surface area contributed by atoms with Gasteiger partial charge >= 0.3 is 0 Å². The van der Waals surface area contributed by atoms with Crippen LogP contribution in [0.3, 0.4) is 0 Å². The Morgan fingerprint density at radius 1 is 1.36 bits per heavy atom. The number of rotatable bonds is 1. The van der Waals surface area contributed by atoms with Gasteiger partial charge in [-0.1, -0.05) is 0 Å². The summed E-state index contributed by atoms with van der Waals surface area (Å²) in [6, 6.07) is 4.04. The molecule has 2 rings (SSSR count). The Morgan fingerprint density at radius 3 is 2.71 bits per heavy atom. The third-order valence-electron chi connectivity index (χ3n) is 2.27. The Hall–Kier alpha value is -1.64. The van der Waals surface area contributed by atoms with Gasteiger partial charge in [0.2, 0.25) is 0 Å². The number of imidazole rings is 1. The average molecular weight is 188 g/mol. The van der Waals surface area contributed by atoms with E-state index in [1.807, 2.05) is 24.3 Å². The van der Waals surface area contributed by atoms with Crippen LogP contribution in [0.1, 0.15) is 28.7 Å². The Morgan fingerprint density at radius 2 is 2.07 bits per heavy atom. The van der Waals surface area contributed by atoms with Gasteiger partial charge in [-0.25, -0.2) is 4.98 Å². The summed E-state index contributed by atoms with van der Waals surface area (Å²) >= 11 is 0. The highest BCUT2D eigenvalue weighted by Gasteiger charge is 2.07. The third-order valence-corrected chi connectivity index (χ3v) is 2.27. The summed E-state index contributed by atoms with van der Waals surface area (Å²) in [5.41, 5.74) is 3.63. The van der Waals surface area contributed by atoms with E-state index in [9.17, 15) is 4.79 Å². The lowest BCUT2D eigenvalue weighted by Crippen LogP contribution is -1.90. The highest BCUT2D eigenvalue weighted by Crippen LogP contribution is 2.11. The molecule has 0 N–H and O–H groups in total. The molecule has 0 radical (unpaired) electrons. The lowest BCUT2D eigenvalue weighted by atomic mass is 10.2. The predicted octanol–water partition coefficient (Wildman–Crippen LogP) is 2.15. The summed E-state index contributed by atoms with van der Waals surface area (Å²) in [7, 11) is 0. The van der Waals surface area contributed by atoms with Crippen LogP contribution in [0.15, 0.2) is 18.3 Å². The van der Waals surface area contributed by atoms with E-state index in [4.69, 9.17) is 0 Å². The van der Waals surface area contributed by atoms with Crippen LogP contribution < -0.4 is 0 Å². The number of pyridine rings is 1. The molecule has 0 bridgehead atoms. The minimum Gasteiger partial charge on any atom is -0.304 e. The van der Waals surface area contributed by atoms with Gasteiger partial charge in [0.05, 0.1) is 0 Å². The molecule has 2 aromatic rings. The number of nitrogens with zero attached hydrogens (tertiary/aromatic N) is 2. The van der Waals surface area contributed by atoms with Gasteiger partial charge < -0.3 is 4.40 Å². The van der Waals surface area contributed by atoms with Crippen molar-refractivity contribution in [3.63, 3.8) is 0 Å². The van der Waals surface area contributed by atoms with E-state index in [0.717, 1.165) is 16.9 Å². The fraction of sp³-hybridized carbons (Fsp3) is 0.273. The SMILES string of the molecule is CC(=O)c1cn2c(C)cc(C)cc2n1. The van der Waals surface area contributed by atoms with Crippen molar-refractivity contribution in [3.05, 3.63) is 35.3 Å². The maximum atomic E-state index is 11.1. The number of Topliss-reactive ketones (excluding diaryl/α,β-unsaturated/α-hetero) is 1. The van der Waals surface area contributed by atoms with Crippen LogP contribution in [0.5, 0.6) is 0 Å². The lowest BCUT2D eigenvalue weighted by Gasteiger charge is -1.99. The zero-order valence-corrected chi connectivity index (χ0v) is 8.53. The highest BCUT2D eigenvalue weighted by molar-refractivity contribution is 5.92. The molecule has 3 nitrogen and oxygen atoms in total. The molecule has 72 valence electrons. The summed E-state index contributed by atoms with van der Waals surface area (Å²) < 4.78 is 1.93. The molecule has 3 heteroatoms. The van der Waals surface area contributed by atoms with Crippen LogP contribution >= 0.6 is 0 Å². The number of aromatic nitrogens is 2. The first kappa shape index (κ1) is 8.94. The van der Waals surface area contributed by atoms with E-state index in [2.05, 4.69) is 11.1 Å². The van der Waals surface area contributed by atoms with E-state index in [0.29, 0.717) is 5.69 Å². The van der Waals surface area contributed by atoms with Gasteiger partial charge in [0.25, 0.3) is 0 Å². The summed E-state index contributed by atoms with van der Waals surface area (Å²) in [4.78, 5) is 15.4. The zero-order chi connectivity index (χ0) is 10.3. The standard InChI is InChI=1S/C11H12N2O/c1-7-4-8(2)13-6-10(9(3)14)12-11(13)5-7/h4-6H,1-3H3. The Labute approximate surface area is 82.4 Å². The molecule has 0 fully saturated rings. The molecule has 0 saturated carbocycles. The molecule has 0 amide bonds. The Balaban J connectivity index is 2.76. The molecule has 14 heavy (non-hydrogen) atoms. The van der Waals surface area contributed by atoms with Crippen molar-refractivity contribution in [2.45, 2.75) is 20.8 Å². The minimum atomic E-state index is 0.00533. The van der Waals surface area contributed by atoms with E-state index in [1.54, 1.807) is 6.20 Å². The number of carbonyl (C=O) groups is 1. The van der Waals surface area contributed by atoms with Crippen LogP contribution in [-0.2, 0) is 0 Å². The molecule has 0 spiro atoms. The number of aryl methyl sites for hydroxylation is 2. The smallest absolute Gasteiger partial charge is 0.179 e. The van der Waals surface area contributed by atoms with E-state index >= 15 is 0 Å². The molecule has 0 aliphatic rings. The third kappa shape index (κ3) is 1.31. The predicted molar refractivity (Wildman–Crippen MR) is 54.7 cm³/mol. The van der Waals surface area contributed by atoms with Gasteiger partial charge in [-0.3, -0.25) is 4.79 Å². The first-order chi connectivity index (χ1) is 6.58. The van der Waals surface area contributed by atoms with Crippen LogP contribution in [0.2, 0.25) is 0 Å². The fourth-order valence-corrected chi connectivity index (χ4v) is 1.59. The van der Waals surface area contributed by atoms with E-state index in [1.165, 1.54) is 6.92 Å². The summed E-state index contributed by atoms with van der Waals surface area (Å²) in [5, 5.41) is 0. The van der Waals surface area contributed by atoms with Crippen LogP contribution in [0.4, 0.5) is 0 Å².